The average molecular weight is 294 g/mol. The summed E-state index contributed by atoms with van der Waals surface area (Å²) in [5, 5.41) is 10.1. The second-order valence-corrected chi connectivity index (χ2v) is 6.84. The second-order valence-electron chi connectivity index (χ2n) is 4.95. The number of para-hydroxylation sites is 1. The minimum atomic E-state index is -0.572. The zero-order chi connectivity index (χ0) is 14.8. The smallest absolute Gasteiger partial charge is 0.133 e. The normalized spacial score (nSPS) is 14.6. The quantitative estimate of drug-likeness (QED) is 0.834. The fraction of sp³-hybridized carbons (Fsp3) is 0.250. The lowest BCUT2D eigenvalue weighted by Crippen LogP contribution is -2.19. The third-order valence-corrected chi connectivity index (χ3v) is 5.40. The van der Waals surface area contributed by atoms with Gasteiger partial charge in [-0.05, 0) is 24.6 Å². The van der Waals surface area contributed by atoms with Gasteiger partial charge >= 0.3 is 0 Å². The van der Waals surface area contributed by atoms with Crippen molar-refractivity contribution in [3.63, 3.8) is 0 Å². The lowest BCUT2D eigenvalue weighted by Gasteiger charge is -2.30. The van der Waals surface area contributed by atoms with Crippen molar-refractivity contribution in [1.29, 1.82) is 0 Å². The monoisotopic (exact) mass is 294 g/mol. The van der Waals surface area contributed by atoms with E-state index in [4.69, 9.17) is 0 Å². The molecule has 4 heteroatoms. The fourth-order valence-electron chi connectivity index (χ4n) is 2.17. The SMILES string of the molecule is CCC(C)(Pc1ccc(F)cc1F)c1ccccc1O. The third-order valence-electron chi connectivity index (χ3n) is 3.55. The molecule has 0 aromatic heterocycles. The van der Waals surface area contributed by atoms with Gasteiger partial charge in [-0.3, -0.25) is 0 Å². The minimum Gasteiger partial charge on any atom is -0.508 e. The lowest BCUT2D eigenvalue weighted by molar-refractivity contribution is 0.456. The molecule has 2 unspecified atom stereocenters. The molecule has 20 heavy (non-hydrogen) atoms. The zero-order valence-corrected chi connectivity index (χ0v) is 12.5. The van der Waals surface area contributed by atoms with E-state index < -0.39 is 11.6 Å². The molecule has 1 nitrogen and oxygen atoms in total. The molecule has 0 bridgehead atoms. The van der Waals surface area contributed by atoms with E-state index in [2.05, 4.69) is 0 Å². The van der Waals surface area contributed by atoms with Crippen molar-refractivity contribution in [2.75, 3.05) is 0 Å². The number of benzene rings is 2. The number of halogens is 2. The van der Waals surface area contributed by atoms with E-state index in [1.165, 1.54) is 12.1 Å². The topological polar surface area (TPSA) is 20.2 Å². The van der Waals surface area contributed by atoms with Gasteiger partial charge in [-0.15, -0.1) is 0 Å². The Morgan fingerprint density at radius 3 is 2.45 bits per heavy atom. The molecule has 0 aliphatic carbocycles. The van der Waals surface area contributed by atoms with Gasteiger partial charge in [-0.1, -0.05) is 40.6 Å². The van der Waals surface area contributed by atoms with Gasteiger partial charge in [0.15, 0.2) is 0 Å². The number of phenols is 1. The number of aromatic hydroxyl groups is 1. The van der Waals surface area contributed by atoms with Gasteiger partial charge in [0.05, 0.1) is 0 Å². The summed E-state index contributed by atoms with van der Waals surface area (Å²) < 4.78 is 26.8. The highest BCUT2D eigenvalue weighted by molar-refractivity contribution is 7.48. The molecule has 2 rings (SSSR count). The molecule has 0 radical (unpaired) electrons. The summed E-state index contributed by atoms with van der Waals surface area (Å²) in [6.45, 7) is 3.99. The van der Waals surface area contributed by atoms with Gasteiger partial charge in [0.2, 0.25) is 0 Å². The average Bonchev–Trinajstić information content (AvgIpc) is 2.42. The highest BCUT2D eigenvalue weighted by Gasteiger charge is 2.28. The molecular formula is C16H17F2OP. The van der Waals surface area contributed by atoms with Crippen LogP contribution in [0, 0.1) is 11.6 Å². The van der Waals surface area contributed by atoms with Gasteiger partial charge in [0.25, 0.3) is 0 Å². The maximum absolute atomic E-state index is 13.8. The van der Waals surface area contributed by atoms with E-state index in [1.807, 2.05) is 26.0 Å². The van der Waals surface area contributed by atoms with E-state index in [0.717, 1.165) is 18.1 Å². The summed E-state index contributed by atoms with van der Waals surface area (Å²) in [6, 6.07) is 10.8. The van der Waals surface area contributed by atoms with Crippen LogP contribution in [0.1, 0.15) is 25.8 Å². The van der Waals surface area contributed by atoms with Crippen LogP contribution in [0.15, 0.2) is 42.5 Å². The first-order valence-electron chi connectivity index (χ1n) is 6.48. The highest BCUT2D eigenvalue weighted by atomic mass is 31.1. The van der Waals surface area contributed by atoms with Crippen molar-refractivity contribution < 1.29 is 13.9 Å². The van der Waals surface area contributed by atoms with Gasteiger partial charge < -0.3 is 5.11 Å². The molecular weight excluding hydrogens is 277 g/mol. The van der Waals surface area contributed by atoms with Crippen LogP contribution in [0.4, 0.5) is 8.78 Å². The number of hydrogen-bond acceptors (Lipinski definition) is 1. The van der Waals surface area contributed by atoms with E-state index >= 15 is 0 Å². The zero-order valence-electron chi connectivity index (χ0n) is 11.5. The highest BCUT2D eigenvalue weighted by Crippen LogP contribution is 2.46. The van der Waals surface area contributed by atoms with Crippen LogP contribution in [-0.2, 0) is 5.16 Å². The Morgan fingerprint density at radius 2 is 1.85 bits per heavy atom. The molecule has 0 amide bonds. The Morgan fingerprint density at radius 1 is 1.15 bits per heavy atom. The lowest BCUT2D eigenvalue weighted by atomic mass is 9.96. The first-order valence-corrected chi connectivity index (χ1v) is 7.48. The van der Waals surface area contributed by atoms with E-state index in [-0.39, 0.29) is 19.5 Å². The molecule has 0 fully saturated rings. The second kappa shape index (κ2) is 5.88. The van der Waals surface area contributed by atoms with Gasteiger partial charge in [0, 0.05) is 22.1 Å². The van der Waals surface area contributed by atoms with E-state index in [9.17, 15) is 13.9 Å². The molecule has 0 aliphatic heterocycles. The van der Waals surface area contributed by atoms with Crippen LogP contribution in [0.25, 0.3) is 0 Å². The van der Waals surface area contributed by atoms with Crippen LogP contribution < -0.4 is 5.30 Å². The van der Waals surface area contributed by atoms with Crippen molar-refractivity contribution in [1.82, 2.24) is 0 Å². The summed E-state index contributed by atoms with van der Waals surface area (Å²) in [4.78, 5) is 0. The van der Waals surface area contributed by atoms with Crippen molar-refractivity contribution >= 4 is 13.9 Å². The van der Waals surface area contributed by atoms with E-state index in [0.29, 0.717) is 5.30 Å². The summed E-state index contributed by atoms with van der Waals surface area (Å²) in [5.74, 6) is -0.887. The Bertz CT molecular complexity index is 615. The van der Waals surface area contributed by atoms with Crippen molar-refractivity contribution in [2.45, 2.75) is 25.4 Å². The molecule has 2 aromatic carbocycles. The predicted octanol–water partition coefficient (Wildman–Crippen LogP) is 4.30. The molecule has 0 heterocycles. The standard InChI is InChI=1S/C16H17F2OP/c1-3-16(2,12-6-4-5-7-14(12)19)20-15-9-8-11(17)10-13(15)18/h4-10,19-20H,3H2,1-2H3. The van der Waals surface area contributed by atoms with Gasteiger partial charge in [0.1, 0.15) is 17.4 Å². The molecule has 0 saturated carbocycles. The predicted molar refractivity (Wildman–Crippen MR) is 80.1 cm³/mol. The van der Waals surface area contributed by atoms with Crippen molar-refractivity contribution in [3.05, 3.63) is 59.7 Å². The number of rotatable bonds is 4. The van der Waals surface area contributed by atoms with E-state index in [1.54, 1.807) is 12.1 Å². The van der Waals surface area contributed by atoms with Gasteiger partial charge in [-0.25, -0.2) is 8.78 Å². The molecule has 106 valence electrons. The molecule has 0 aliphatic rings. The Kier molecular flexibility index (Phi) is 4.39. The summed E-state index contributed by atoms with van der Waals surface area (Å²) in [6.07, 6.45) is 0.750. The van der Waals surface area contributed by atoms with Crippen molar-refractivity contribution in [3.8, 4) is 5.75 Å². The Labute approximate surface area is 119 Å². The van der Waals surface area contributed by atoms with Crippen LogP contribution in [0.3, 0.4) is 0 Å². The first kappa shape index (κ1) is 14.9. The van der Waals surface area contributed by atoms with Crippen molar-refractivity contribution in [2.24, 2.45) is 0 Å². The minimum absolute atomic E-state index is 0.116. The molecule has 0 spiro atoms. The number of phenolic OH excluding ortho intramolecular Hbond substituents is 1. The van der Waals surface area contributed by atoms with Crippen LogP contribution in [0.5, 0.6) is 5.75 Å². The van der Waals surface area contributed by atoms with Gasteiger partial charge in [-0.2, -0.15) is 0 Å². The fourth-order valence-corrected chi connectivity index (χ4v) is 3.65. The molecule has 2 aromatic rings. The summed E-state index contributed by atoms with van der Waals surface area (Å²) in [5.41, 5.74) is 0.796. The first-order chi connectivity index (χ1) is 9.46. The molecule has 2 atom stereocenters. The summed E-state index contributed by atoms with van der Waals surface area (Å²) >= 11 is 0. The Balaban J connectivity index is 2.39. The summed E-state index contributed by atoms with van der Waals surface area (Å²) in [7, 11) is 0.116. The molecule has 0 saturated heterocycles. The Hall–Kier alpha value is -1.47. The van der Waals surface area contributed by atoms with Crippen LogP contribution >= 0.6 is 8.58 Å². The third kappa shape index (κ3) is 2.99. The maximum Gasteiger partial charge on any atom is 0.133 e. The van der Waals surface area contributed by atoms with Crippen LogP contribution in [0.2, 0.25) is 0 Å². The number of hydrogen-bond donors (Lipinski definition) is 1. The molecule has 1 N–H and O–H groups in total. The van der Waals surface area contributed by atoms with Crippen LogP contribution in [-0.4, -0.2) is 5.11 Å². The largest absolute Gasteiger partial charge is 0.508 e. The maximum atomic E-state index is 13.8.